The zero-order valence-electron chi connectivity index (χ0n) is 9.79. The van der Waals surface area contributed by atoms with Gasteiger partial charge in [-0.1, -0.05) is 6.92 Å². The average Bonchev–Trinajstić information content (AvgIpc) is 2.66. The molecule has 5 heteroatoms. The van der Waals surface area contributed by atoms with Gasteiger partial charge in [0.25, 0.3) is 5.91 Å². The number of carbonyl (C=O) groups is 1. The average molecular weight is 305 g/mol. The molecule has 0 bridgehead atoms. The van der Waals surface area contributed by atoms with E-state index >= 15 is 0 Å². The third kappa shape index (κ3) is 3.56. The number of hydrogen-bond acceptors (Lipinski definition) is 2. The van der Waals surface area contributed by atoms with E-state index in [0.717, 1.165) is 11.0 Å². The van der Waals surface area contributed by atoms with E-state index in [9.17, 15) is 4.79 Å². The second kappa shape index (κ2) is 6.35. The fourth-order valence-corrected chi connectivity index (χ4v) is 2.05. The number of rotatable bonds is 5. The molecular weight excluding hydrogens is 288 g/mol. The Morgan fingerprint density at radius 1 is 1.69 bits per heavy atom. The van der Waals surface area contributed by atoms with Crippen molar-refractivity contribution in [3.8, 4) is 0 Å². The molecule has 0 aliphatic heterocycles. The minimum atomic E-state index is -0.00606. The van der Waals surface area contributed by atoms with Crippen LogP contribution in [0.4, 0.5) is 0 Å². The Bertz CT molecular complexity index is 365. The lowest BCUT2D eigenvalue weighted by atomic mass is 10.3. The van der Waals surface area contributed by atoms with Crippen molar-refractivity contribution in [2.75, 3.05) is 12.8 Å². The molecule has 1 rings (SSSR count). The molecule has 0 spiro atoms. The second-order valence-electron chi connectivity index (χ2n) is 3.59. The molecule has 0 fully saturated rings. The minimum Gasteiger partial charge on any atom is -0.350 e. The van der Waals surface area contributed by atoms with Crippen molar-refractivity contribution in [2.45, 2.75) is 25.6 Å². The summed E-state index contributed by atoms with van der Waals surface area (Å²) in [6.07, 6.45) is 3.97. The van der Waals surface area contributed by atoms with E-state index in [-0.39, 0.29) is 5.91 Å². The summed E-state index contributed by atoms with van der Waals surface area (Å²) < 4.78 is 2.88. The quantitative estimate of drug-likeness (QED) is 0.907. The van der Waals surface area contributed by atoms with E-state index < -0.39 is 0 Å². The zero-order valence-corrected chi connectivity index (χ0v) is 12.2. The van der Waals surface area contributed by atoms with Crippen molar-refractivity contribution in [3.63, 3.8) is 0 Å². The van der Waals surface area contributed by atoms with Crippen LogP contribution in [0, 0.1) is 0 Å². The van der Waals surface area contributed by atoms with Gasteiger partial charge in [0, 0.05) is 29.0 Å². The van der Waals surface area contributed by atoms with Gasteiger partial charge < -0.3 is 9.88 Å². The molecule has 0 saturated carbocycles. The van der Waals surface area contributed by atoms with Crippen molar-refractivity contribution in [1.82, 2.24) is 9.88 Å². The van der Waals surface area contributed by atoms with Crippen molar-refractivity contribution in [2.24, 2.45) is 0 Å². The van der Waals surface area contributed by atoms with E-state index in [1.165, 1.54) is 0 Å². The Kier molecular flexibility index (Phi) is 5.41. The summed E-state index contributed by atoms with van der Waals surface area (Å²) in [4.78, 5) is 11.9. The van der Waals surface area contributed by atoms with Crippen LogP contribution in [0.25, 0.3) is 0 Å². The van der Waals surface area contributed by atoms with Crippen LogP contribution in [-0.2, 0) is 6.54 Å². The monoisotopic (exact) mass is 304 g/mol. The summed E-state index contributed by atoms with van der Waals surface area (Å²) in [6, 6.07) is 1.85. The molecule has 1 N–H and O–H groups in total. The van der Waals surface area contributed by atoms with Gasteiger partial charge in [-0.25, -0.2) is 0 Å². The maximum absolute atomic E-state index is 11.9. The second-order valence-corrected chi connectivity index (χ2v) is 5.78. The summed E-state index contributed by atoms with van der Waals surface area (Å²) in [5, 5.41) is 3.38. The van der Waals surface area contributed by atoms with E-state index in [1.54, 1.807) is 11.8 Å². The van der Waals surface area contributed by atoms with Gasteiger partial charge in [0.05, 0.1) is 0 Å². The largest absolute Gasteiger partial charge is 0.350 e. The molecule has 0 saturated heterocycles. The zero-order chi connectivity index (χ0) is 12.1. The smallest absolute Gasteiger partial charge is 0.267 e. The number of aromatic nitrogens is 1. The molecule has 0 aromatic carbocycles. The first-order chi connectivity index (χ1) is 7.58. The van der Waals surface area contributed by atoms with Crippen LogP contribution < -0.4 is 5.32 Å². The molecule has 1 aromatic rings. The molecule has 90 valence electrons. The van der Waals surface area contributed by atoms with Gasteiger partial charge in [-0.2, -0.15) is 11.8 Å². The van der Waals surface area contributed by atoms with Crippen LogP contribution in [0.3, 0.4) is 0 Å². The molecule has 3 nitrogen and oxygen atoms in total. The first-order valence-corrected chi connectivity index (χ1v) is 7.33. The van der Waals surface area contributed by atoms with Crippen LogP contribution in [0.2, 0.25) is 0 Å². The number of nitrogens with zero attached hydrogens (tertiary/aromatic N) is 1. The number of aryl methyl sites for hydroxylation is 1. The van der Waals surface area contributed by atoms with Crippen molar-refractivity contribution >= 4 is 33.6 Å². The predicted molar refractivity (Wildman–Crippen MR) is 73.1 cm³/mol. The van der Waals surface area contributed by atoms with Gasteiger partial charge in [0.1, 0.15) is 5.69 Å². The SMILES string of the molecule is CCn1cc(Br)cc1C(=O)NCC(C)SC. The maximum atomic E-state index is 11.9. The summed E-state index contributed by atoms with van der Waals surface area (Å²) in [6.45, 7) is 5.62. The molecular formula is C11H17BrN2OS. The number of thioether (sulfide) groups is 1. The molecule has 0 aliphatic carbocycles. The number of carbonyl (C=O) groups excluding carboxylic acids is 1. The molecule has 0 radical (unpaired) electrons. The van der Waals surface area contributed by atoms with Gasteiger partial charge in [0.15, 0.2) is 0 Å². The van der Waals surface area contributed by atoms with Crippen molar-refractivity contribution in [1.29, 1.82) is 0 Å². The lowest BCUT2D eigenvalue weighted by Gasteiger charge is -2.10. The Hall–Kier alpha value is -0.420. The fourth-order valence-electron chi connectivity index (χ4n) is 1.34. The van der Waals surface area contributed by atoms with E-state index in [4.69, 9.17) is 0 Å². The number of halogens is 1. The molecule has 1 unspecified atom stereocenters. The molecule has 1 aromatic heterocycles. The standard InChI is InChI=1S/C11H17BrN2OS/c1-4-14-7-9(12)5-10(14)11(15)13-6-8(2)16-3/h5,7-8H,4,6H2,1-3H3,(H,13,15). The Morgan fingerprint density at radius 2 is 2.38 bits per heavy atom. The third-order valence-electron chi connectivity index (χ3n) is 2.39. The van der Waals surface area contributed by atoms with Crippen LogP contribution in [0.1, 0.15) is 24.3 Å². The Morgan fingerprint density at radius 3 is 2.94 bits per heavy atom. The highest BCUT2D eigenvalue weighted by atomic mass is 79.9. The Balaban J connectivity index is 2.65. The van der Waals surface area contributed by atoms with E-state index in [2.05, 4.69) is 28.2 Å². The highest BCUT2D eigenvalue weighted by molar-refractivity contribution is 9.10. The van der Waals surface area contributed by atoms with Crippen LogP contribution in [0.15, 0.2) is 16.7 Å². The highest BCUT2D eigenvalue weighted by Gasteiger charge is 2.12. The number of nitrogens with one attached hydrogen (secondary N) is 1. The summed E-state index contributed by atoms with van der Waals surface area (Å²) >= 11 is 5.13. The number of hydrogen-bond donors (Lipinski definition) is 1. The van der Waals surface area contributed by atoms with Crippen LogP contribution in [0.5, 0.6) is 0 Å². The van der Waals surface area contributed by atoms with E-state index in [0.29, 0.717) is 17.5 Å². The van der Waals surface area contributed by atoms with Gasteiger partial charge in [-0.05, 0) is 35.2 Å². The lowest BCUT2D eigenvalue weighted by Crippen LogP contribution is -2.30. The summed E-state index contributed by atoms with van der Waals surface area (Å²) in [7, 11) is 0. The summed E-state index contributed by atoms with van der Waals surface area (Å²) in [5.74, 6) is -0.00606. The first-order valence-electron chi connectivity index (χ1n) is 5.25. The van der Waals surface area contributed by atoms with Gasteiger partial charge in [-0.15, -0.1) is 0 Å². The summed E-state index contributed by atoms with van der Waals surface area (Å²) in [5.41, 5.74) is 0.711. The van der Waals surface area contributed by atoms with E-state index in [1.807, 2.05) is 30.0 Å². The van der Waals surface area contributed by atoms with Gasteiger partial charge in [-0.3, -0.25) is 4.79 Å². The van der Waals surface area contributed by atoms with Crippen molar-refractivity contribution < 1.29 is 4.79 Å². The third-order valence-corrected chi connectivity index (χ3v) is 3.79. The van der Waals surface area contributed by atoms with Crippen molar-refractivity contribution in [3.05, 3.63) is 22.4 Å². The van der Waals surface area contributed by atoms with Crippen LogP contribution >= 0.6 is 27.7 Å². The molecule has 1 amide bonds. The number of amides is 1. The molecule has 16 heavy (non-hydrogen) atoms. The minimum absolute atomic E-state index is 0.00606. The van der Waals surface area contributed by atoms with Gasteiger partial charge in [0.2, 0.25) is 0 Å². The maximum Gasteiger partial charge on any atom is 0.267 e. The van der Waals surface area contributed by atoms with Gasteiger partial charge >= 0.3 is 0 Å². The fraction of sp³-hybridized carbons (Fsp3) is 0.545. The topological polar surface area (TPSA) is 34.0 Å². The lowest BCUT2D eigenvalue weighted by molar-refractivity contribution is 0.0945. The molecule has 1 atom stereocenters. The normalized spacial score (nSPS) is 12.5. The van der Waals surface area contributed by atoms with Crippen LogP contribution in [-0.4, -0.2) is 28.5 Å². The molecule has 1 heterocycles. The Labute approximate surface area is 109 Å². The highest BCUT2D eigenvalue weighted by Crippen LogP contribution is 2.15. The first kappa shape index (κ1) is 13.6. The predicted octanol–water partition coefficient (Wildman–Crippen LogP) is 2.75. The molecule has 0 aliphatic rings.